The van der Waals surface area contributed by atoms with Crippen molar-refractivity contribution in [3.8, 4) is 0 Å². The van der Waals surface area contributed by atoms with Gasteiger partial charge in [0.1, 0.15) is 0 Å². The van der Waals surface area contributed by atoms with Crippen LogP contribution in [0.2, 0.25) is 0 Å². The molecule has 0 bridgehead atoms. The van der Waals surface area contributed by atoms with Crippen molar-refractivity contribution < 1.29 is 9.53 Å². The van der Waals surface area contributed by atoms with Crippen molar-refractivity contribution in [3.63, 3.8) is 0 Å². The molecule has 4 heteroatoms. The van der Waals surface area contributed by atoms with Crippen LogP contribution in [-0.4, -0.2) is 40.1 Å². The molecule has 0 spiro atoms. The lowest BCUT2D eigenvalue weighted by atomic mass is 9.97. The summed E-state index contributed by atoms with van der Waals surface area (Å²) >= 11 is 0. The second-order valence-corrected chi connectivity index (χ2v) is 7.03. The molecule has 112 valence electrons. The van der Waals surface area contributed by atoms with Crippen molar-refractivity contribution in [2.75, 3.05) is 13.1 Å². The van der Waals surface area contributed by atoms with Crippen LogP contribution in [0.1, 0.15) is 38.1 Å². The summed E-state index contributed by atoms with van der Waals surface area (Å²) in [6.45, 7) is 9.35. The van der Waals surface area contributed by atoms with Gasteiger partial charge in [-0.2, -0.15) is 0 Å². The van der Waals surface area contributed by atoms with E-state index in [2.05, 4.69) is 4.98 Å². The van der Waals surface area contributed by atoms with Crippen LogP contribution in [0.4, 0.5) is 0 Å². The summed E-state index contributed by atoms with van der Waals surface area (Å²) in [6, 6.07) is 7.76. The summed E-state index contributed by atoms with van der Waals surface area (Å²) in [4.78, 5) is 18.0. The van der Waals surface area contributed by atoms with Crippen molar-refractivity contribution in [2.45, 2.75) is 38.9 Å². The molecule has 0 atom stereocenters. The van der Waals surface area contributed by atoms with Crippen LogP contribution in [0.25, 0.3) is 10.9 Å². The molecule has 1 aromatic heterocycles. The van der Waals surface area contributed by atoms with Crippen molar-refractivity contribution in [1.29, 1.82) is 0 Å². The number of amides is 1. The number of fused-ring (bicyclic) bond motifs is 1. The Bertz CT molecular complexity index is 669. The number of aromatic amines is 1. The van der Waals surface area contributed by atoms with E-state index in [0.717, 1.165) is 16.5 Å². The minimum absolute atomic E-state index is 0.0738. The predicted octanol–water partition coefficient (Wildman–Crippen LogP) is 3.20. The highest BCUT2D eigenvalue weighted by atomic mass is 16.5. The molecule has 1 saturated heterocycles. The molecule has 3 rings (SSSR count). The number of benzene rings is 1. The maximum atomic E-state index is 12.9. The van der Waals surface area contributed by atoms with E-state index in [1.54, 1.807) is 0 Å². The Kier molecular flexibility index (Phi) is 3.10. The molecule has 1 N–H and O–H groups in total. The van der Waals surface area contributed by atoms with Gasteiger partial charge in [0.25, 0.3) is 5.91 Å². The normalized spacial score (nSPS) is 20.7. The maximum Gasteiger partial charge on any atom is 0.254 e. The number of carbonyl (C=O) groups excluding carboxylic acids is 1. The van der Waals surface area contributed by atoms with Crippen molar-refractivity contribution >= 4 is 16.8 Å². The van der Waals surface area contributed by atoms with E-state index in [1.807, 2.05) is 63.1 Å². The number of carbonyl (C=O) groups is 1. The number of nitrogens with zero attached hydrogens (tertiary/aromatic N) is 1. The Morgan fingerprint density at radius 1 is 1.14 bits per heavy atom. The lowest BCUT2D eigenvalue weighted by molar-refractivity contribution is -0.171. The summed E-state index contributed by atoms with van der Waals surface area (Å²) in [5, 5.41) is 0.976. The first-order valence-electron chi connectivity index (χ1n) is 7.33. The molecule has 2 aromatic rings. The van der Waals surface area contributed by atoms with Crippen molar-refractivity contribution in [3.05, 3.63) is 36.0 Å². The first-order valence-corrected chi connectivity index (χ1v) is 7.33. The molecular weight excluding hydrogens is 264 g/mol. The van der Waals surface area contributed by atoms with Gasteiger partial charge in [-0.1, -0.05) is 6.07 Å². The van der Waals surface area contributed by atoms with E-state index in [4.69, 9.17) is 4.74 Å². The first kappa shape index (κ1) is 14.1. The van der Waals surface area contributed by atoms with Gasteiger partial charge in [0, 0.05) is 35.8 Å². The minimum Gasteiger partial charge on any atom is -0.366 e. The fourth-order valence-electron chi connectivity index (χ4n) is 3.37. The highest BCUT2D eigenvalue weighted by molar-refractivity contribution is 6.06. The van der Waals surface area contributed by atoms with Gasteiger partial charge < -0.3 is 14.6 Å². The van der Waals surface area contributed by atoms with Crippen molar-refractivity contribution in [1.82, 2.24) is 9.88 Å². The monoisotopic (exact) mass is 286 g/mol. The fourth-order valence-corrected chi connectivity index (χ4v) is 3.37. The molecule has 0 unspecified atom stereocenters. The average Bonchev–Trinajstić information content (AvgIpc) is 2.82. The molecule has 1 aliphatic heterocycles. The second kappa shape index (κ2) is 4.60. The lowest BCUT2D eigenvalue weighted by Crippen LogP contribution is -2.58. The zero-order valence-electron chi connectivity index (χ0n) is 13.1. The average molecular weight is 286 g/mol. The van der Waals surface area contributed by atoms with Crippen LogP contribution in [0.5, 0.6) is 0 Å². The topological polar surface area (TPSA) is 45.3 Å². The highest BCUT2D eigenvalue weighted by Crippen LogP contribution is 2.30. The molecular formula is C17H22N2O2. The van der Waals surface area contributed by atoms with Gasteiger partial charge in [0.05, 0.1) is 11.2 Å². The van der Waals surface area contributed by atoms with Crippen molar-refractivity contribution in [2.24, 2.45) is 0 Å². The molecule has 1 fully saturated rings. The van der Waals surface area contributed by atoms with Crippen LogP contribution in [-0.2, 0) is 4.74 Å². The predicted molar refractivity (Wildman–Crippen MR) is 83.4 cm³/mol. The summed E-state index contributed by atoms with van der Waals surface area (Å²) < 4.78 is 6.05. The number of rotatable bonds is 1. The smallest absolute Gasteiger partial charge is 0.254 e. The lowest BCUT2D eigenvalue weighted by Gasteiger charge is -2.47. The quantitative estimate of drug-likeness (QED) is 0.875. The fraction of sp³-hybridized carbons (Fsp3) is 0.471. The number of nitrogens with one attached hydrogen (secondary N) is 1. The highest BCUT2D eigenvalue weighted by Gasteiger charge is 2.40. The zero-order valence-corrected chi connectivity index (χ0v) is 13.1. The van der Waals surface area contributed by atoms with Crippen LogP contribution in [0.15, 0.2) is 30.5 Å². The van der Waals surface area contributed by atoms with E-state index >= 15 is 0 Å². The van der Waals surface area contributed by atoms with Gasteiger partial charge in [-0.3, -0.25) is 4.79 Å². The molecule has 1 aromatic carbocycles. The Morgan fingerprint density at radius 3 is 2.48 bits per heavy atom. The molecule has 0 aliphatic carbocycles. The van der Waals surface area contributed by atoms with Gasteiger partial charge in [-0.05, 0) is 45.9 Å². The SMILES string of the molecule is CC1(C)CN(C(=O)c2cccc3[nH]ccc23)CC(C)(C)O1. The standard InChI is InChI=1S/C17H22N2O2/c1-16(2)10-19(11-17(3,4)21-16)15(20)13-6-5-7-14-12(13)8-9-18-14/h5-9,18H,10-11H2,1-4H3. The summed E-state index contributed by atoms with van der Waals surface area (Å²) in [6.07, 6.45) is 1.87. The third kappa shape index (κ3) is 2.68. The molecule has 0 saturated carbocycles. The van der Waals surface area contributed by atoms with Gasteiger partial charge in [-0.25, -0.2) is 0 Å². The van der Waals surface area contributed by atoms with Crippen LogP contribution in [0, 0.1) is 0 Å². The molecule has 4 nitrogen and oxygen atoms in total. The van der Waals surface area contributed by atoms with E-state index in [1.165, 1.54) is 0 Å². The van der Waals surface area contributed by atoms with E-state index in [0.29, 0.717) is 13.1 Å². The number of ether oxygens (including phenoxy) is 1. The Hall–Kier alpha value is -1.81. The largest absolute Gasteiger partial charge is 0.366 e. The van der Waals surface area contributed by atoms with Gasteiger partial charge in [-0.15, -0.1) is 0 Å². The molecule has 0 radical (unpaired) electrons. The third-order valence-electron chi connectivity index (χ3n) is 3.81. The number of H-pyrrole nitrogens is 1. The van der Waals surface area contributed by atoms with Gasteiger partial charge in [0.15, 0.2) is 0 Å². The third-order valence-corrected chi connectivity index (χ3v) is 3.81. The van der Waals surface area contributed by atoms with E-state index < -0.39 is 0 Å². The summed E-state index contributed by atoms with van der Waals surface area (Å²) in [5.74, 6) is 0.0738. The first-order chi connectivity index (χ1) is 9.77. The number of hydrogen-bond donors (Lipinski definition) is 1. The second-order valence-electron chi connectivity index (χ2n) is 7.03. The molecule has 21 heavy (non-hydrogen) atoms. The van der Waals surface area contributed by atoms with Crippen LogP contribution >= 0.6 is 0 Å². The Balaban J connectivity index is 1.96. The van der Waals surface area contributed by atoms with Crippen LogP contribution in [0.3, 0.4) is 0 Å². The molecule has 2 heterocycles. The van der Waals surface area contributed by atoms with Gasteiger partial charge >= 0.3 is 0 Å². The summed E-state index contributed by atoms with van der Waals surface area (Å²) in [5.41, 5.74) is 1.09. The minimum atomic E-state index is -0.330. The van der Waals surface area contributed by atoms with Gasteiger partial charge in [0.2, 0.25) is 0 Å². The van der Waals surface area contributed by atoms with E-state index in [9.17, 15) is 4.79 Å². The zero-order chi connectivity index (χ0) is 15.3. The molecule has 1 amide bonds. The Morgan fingerprint density at radius 2 is 1.81 bits per heavy atom. The molecule has 1 aliphatic rings. The number of aromatic nitrogens is 1. The number of hydrogen-bond acceptors (Lipinski definition) is 2. The van der Waals surface area contributed by atoms with Crippen LogP contribution < -0.4 is 0 Å². The number of morpholine rings is 1. The Labute approximate surface area is 125 Å². The maximum absolute atomic E-state index is 12.9. The van der Waals surface area contributed by atoms with E-state index in [-0.39, 0.29) is 17.1 Å². The summed E-state index contributed by atoms with van der Waals surface area (Å²) in [7, 11) is 0.